The van der Waals surface area contributed by atoms with Gasteiger partial charge >= 0.3 is 0 Å². The number of methoxy groups -OCH3 is 2. The van der Waals surface area contributed by atoms with E-state index in [0.29, 0.717) is 19.0 Å². The summed E-state index contributed by atoms with van der Waals surface area (Å²) in [5.74, 6) is 2.98. The zero-order valence-corrected chi connectivity index (χ0v) is 14.6. The molecule has 0 saturated heterocycles. The van der Waals surface area contributed by atoms with Gasteiger partial charge in [0, 0.05) is 0 Å². The van der Waals surface area contributed by atoms with Gasteiger partial charge < -0.3 is 23.7 Å². The topological polar surface area (TPSA) is 46.2 Å². The van der Waals surface area contributed by atoms with Crippen molar-refractivity contribution in [3.8, 4) is 34.1 Å². The van der Waals surface area contributed by atoms with Crippen molar-refractivity contribution in [3.05, 3.63) is 47.5 Å². The highest BCUT2D eigenvalue weighted by Crippen LogP contribution is 2.44. The molecule has 0 spiro atoms. The fourth-order valence-corrected chi connectivity index (χ4v) is 3.77. The predicted octanol–water partition coefficient (Wildman–Crippen LogP) is 4.28. The summed E-state index contributed by atoms with van der Waals surface area (Å²) in [5, 5.41) is 2.20. The Morgan fingerprint density at radius 1 is 0.846 bits per heavy atom. The summed E-state index contributed by atoms with van der Waals surface area (Å²) in [6.07, 6.45) is 0. The minimum Gasteiger partial charge on any atom is -0.493 e. The molecule has 0 fully saturated rings. The molecule has 5 rings (SSSR count). The number of benzene rings is 3. The molecule has 0 N–H and O–H groups in total. The van der Waals surface area contributed by atoms with Crippen LogP contribution in [0.25, 0.3) is 21.9 Å². The van der Waals surface area contributed by atoms with Crippen LogP contribution in [-0.4, -0.2) is 21.0 Å². The summed E-state index contributed by atoms with van der Waals surface area (Å²) in [6, 6.07) is 12.3. The van der Waals surface area contributed by atoms with Crippen LogP contribution < -0.4 is 18.9 Å². The monoisotopic (exact) mass is 350 g/mol. The Hall–Kier alpha value is -2.92. The lowest BCUT2D eigenvalue weighted by Gasteiger charge is -2.16. The lowest BCUT2D eigenvalue weighted by Crippen LogP contribution is -1.95. The number of ether oxygens (including phenoxy) is 5. The molecule has 5 nitrogen and oxygen atoms in total. The molecule has 0 aliphatic carbocycles. The van der Waals surface area contributed by atoms with Crippen LogP contribution in [0.5, 0.6) is 23.0 Å². The molecule has 3 aromatic rings. The van der Waals surface area contributed by atoms with Crippen molar-refractivity contribution < 1.29 is 23.7 Å². The molecular weight excluding hydrogens is 332 g/mol. The van der Waals surface area contributed by atoms with Crippen molar-refractivity contribution in [2.24, 2.45) is 0 Å². The third-order valence-electron chi connectivity index (χ3n) is 5.01. The van der Waals surface area contributed by atoms with Crippen molar-refractivity contribution in [1.29, 1.82) is 0 Å². The van der Waals surface area contributed by atoms with Crippen LogP contribution in [0.1, 0.15) is 11.1 Å². The summed E-state index contributed by atoms with van der Waals surface area (Å²) in [6.45, 7) is 1.49. The maximum absolute atomic E-state index is 5.74. The van der Waals surface area contributed by atoms with Gasteiger partial charge in [0.05, 0.1) is 27.4 Å². The van der Waals surface area contributed by atoms with Gasteiger partial charge in [0.25, 0.3) is 0 Å². The van der Waals surface area contributed by atoms with Crippen LogP contribution >= 0.6 is 0 Å². The van der Waals surface area contributed by atoms with Crippen LogP contribution in [0.4, 0.5) is 0 Å². The third kappa shape index (κ3) is 2.21. The highest BCUT2D eigenvalue weighted by molar-refractivity contribution is 6.01. The van der Waals surface area contributed by atoms with Crippen LogP contribution in [0.2, 0.25) is 0 Å². The summed E-state index contributed by atoms with van der Waals surface area (Å²) < 4.78 is 27.8. The normalized spacial score (nSPS) is 14.5. The first kappa shape index (κ1) is 15.3. The molecule has 2 aliphatic rings. The summed E-state index contributed by atoms with van der Waals surface area (Å²) in [4.78, 5) is 0. The van der Waals surface area contributed by atoms with Gasteiger partial charge in [-0.05, 0) is 63.4 Å². The smallest absolute Gasteiger partial charge is 0.231 e. The van der Waals surface area contributed by atoms with E-state index < -0.39 is 0 Å². The Morgan fingerprint density at radius 2 is 1.65 bits per heavy atom. The van der Waals surface area contributed by atoms with Crippen LogP contribution in [-0.2, 0) is 18.0 Å². The maximum atomic E-state index is 5.74. The highest BCUT2D eigenvalue weighted by atomic mass is 16.7. The number of fused-ring (bicyclic) bond motifs is 3. The maximum Gasteiger partial charge on any atom is 0.231 e. The van der Waals surface area contributed by atoms with E-state index in [1.807, 2.05) is 24.3 Å². The zero-order valence-electron chi connectivity index (χ0n) is 14.6. The van der Waals surface area contributed by atoms with E-state index in [1.165, 1.54) is 11.1 Å². The molecule has 0 amide bonds. The second kappa shape index (κ2) is 5.81. The first-order chi connectivity index (χ1) is 12.8. The fourth-order valence-electron chi connectivity index (χ4n) is 3.77. The summed E-state index contributed by atoms with van der Waals surface area (Å²) >= 11 is 0. The van der Waals surface area contributed by atoms with Crippen molar-refractivity contribution in [1.82, 2.24) is 0 Å². The van der Waals surface area contributed by atoms with E-state index in [1.54, 1.807) is 14.2 Å². The Morgan fingerprint density at radius 3 is 2.50 bits per heavy atom. The van der Waals surface area contributed by atoms with E-state index in [9.17, 15) is 0 Å². The molecule has 3 aromatic carbocycles. The average Bonchev–Trinajstić information content (AvgIpc) is 3.33. The standard InChI is InChI=1S/C21H18O5/c1-22-18-7-13-5-14-9-24-10-16(14)21(15(13)8-19(18)23-2)12-3-4-17-20(6-12)26-11-25-17/h3-8H,9-11H2,1-2H3. The molecule has 0 aromatic heterocycles. The molecule has 5 heteroatoms. The van der Waals surface area contributed by atoms with Gasteiger partial charge in [-0.15, -0.1) is 0 Å². The molecule has 0 radical (unpaired) electrons. The van der Waals surface area contributed by atoms with Gasteiger partial charge in [-0.1, -0.05) is 6.07 Å². The minimum absolute atomic E-state index is 0.264. The molecule has 0 bridgehead atoms. The summed E-state index contributed by atoms with van der Waals surface area (Å²) in [5.41, 5.74) is 4.64. The van der Waals surface area contributed by atoms with E-state index in [2.05, 4.69) is 12.1 Å². The molecule has 2 aliphatic heterocycles. The van der Waals surface area contributed by atoms with E-state index in [-0.39, 0.29) is 6.79 Å². The second-order valence-electron chi connectivity index (χ2n) is 6.38. The molecule has 0 unspecified atom stereocenters. The van der Waals surface area contributed by atoms with Crippen LogP contribution in [0, 0.1) is 0 Å². The van der Waals surface area contributed by atoms with E-state index >= 15 is 0 Å². The van der Waals surface area contributed by atoms with Crippen LogP contribution in [0.15, 0.2) is 36.4 Å². The number of hydrogen-bond acceptors (Lipinski definition) is 5. The lowest BCUT2D eigenvalue weighted by molar-refractivity contribution is 0.134. The van der Waals surface area contributed by atoms with E-state index in [0.717, 1.165) is 39.1 Å². The van der Waals surface area contributed by atoms with Gasteiger partial charge in [-0.3, -0.25) is 0 Å². The Bertz CT molecular complexity index is 1020. The zero-order chi connectivity index (χ0) is 17.7. The largest absolute Gasteiger partial charge is 0.493 e. The predicted molar refractivity (Wildman–Crippen MR) is 97.1 cm³/mol. The van der Waals surface area contributed by atoms with Gasteiger partial charge in [-0.25, -0.2) is 0 Å². The first-order valence-electron chi connectivity index (χ1n) is 8.46. The number of hydrogen-bond donors (Lipinski definition) is 0. The molecule has 26 heavy (non-hydrogen) atoms. The third-order valence-corrected chi connectivity index (χ3v) is 5.01. The minimum atomic E-state index is 0.264. The average molecular weight is 350 g/mol. The Kier molecular flexibility index (Phi) is 3.43. The highest BCUT2D eigenvalue weighted by Gasteiger charge is 2.23. The Labute approximate surface area is 151 Å². The van der Waals surface area contributed by atoms with Gasteiger partial charge in [0.15, 0.2) is 23.0 Å². The number of rotatable bonds is 3. The van der Waals surface area contributed by atoms with E-state index in [4.69, 9.17) is 23.7 Å². The van der Waals surface area contributed by atoms with Crippen molar-refractivity contribution >= 4 is 10.8 Å². The quantitative estimate of drug-likeness (QED) is 0.705. The molecule has 132 valence electrons. The van der Waals surface area contributed by atoms with Gasteiger partial charge in [-0.2, -0.15) is 0 Å². The SMILES string of the molecule is COc1cc2cc3c(c(-c4ccc5c(c4)OCO5)c2cc1OC)COC3. The molecule has 0 saturated carbocycles. The van der Waals surface area contributed by atoms with Crippen molar-refractivity contribution in [3.63, 3.8) is 0 Å². The second-order valence-corrected chi connectivity index (χ2v) is 6.38. The van der Waals surface area contributed by atoms with Gasteiger partial charge in [0.2, 0.25) is 6.79 Å². The van der Waals surface area contributed by atoms with Crippen LogP contribution in [0.3, 0.4) is 0 Å². The lowest BCUT2D eigenvalue weighted by atomic mass is 9.90. The van der Waals surface area contributed by atoms with Gasteiger partial charge in [0.1, 0.15) is 0 Å². The Balaban J connectivity index is 1.82. The molecular formula is C21H18O5. The van der Waals surface area contributed by atoms with Crippen molar-refractivity contribution in [2.45, 2.75) is 13.2 Å². The fraction of sp³-hybridized carbons (Fsp3) is 0.238. The first-order valence-corrected chi connectivity index (χ1v) is 8.46. The summed E-state index contributed by atoms with van der Waals surface area (Å²) in [7, 11) is 3.30. The molecule has 2 heterocycles. The molecule has 0 atom stereocenters. The van der Waals surface area contributed by atoms with Crippen molar-refractivity contribution in [2.75, 3.05) is 21.0 Å².